The van der Waals surface area contributed by atoms with Crippen LogP contribution in [0, 0.1) is 0 Å². The number of likely N-dealkylation sites (N-methyl/N-ethyl adjacent to an activating group) is 1. The summed E-state index contributed by atoms with van der Waals surface area (Å²) in [6.45, 7) is 3.09. The van der Waals surface area contributed by atoms with Crippen molar-refractivity contribution < 1.29 is 9.53 Å². The van der Waals surface area contributed by atoms with Crippen LogP contribution in [0.2, 0.25) is 0 Å². The van der Waals surface area contributed by atoms with Gasteiger partial charge in [-0.15, -0.1) is 0 Å². The van der Waals surface area contributed by atoms with E-state index < -0.39 is 0 Å². The third-order valence-electron chi connectivity index (χ3n) is 2.36. The fourth-order valence-electron chi connectivity index (χ4n) is 1.69. The number of hydrogen-bond acceptors (Lipinski definition) is 4. The number of nitrogens with zero attached hydrogens (tertiary/aromatic N) is 2. The third-order valence-corrected chi connectivity index (χ3v) is 2.36. The average Bonchev–Trinajstić information content (AvgIpc) is 2.70. The van der Waals surface area contributed by atoms with Gasteiger partial charge < -0.3 is 9.64 Å². The van der Waals surface area contributed by atoms with Crippen molar-refractivity contribution in [2.24, 2.45) is 0 Å². The van der Waals surface area contributed by atoms with Crippen LogP contribution >= 0.6 is 0 Å². The first kappa shape index (κ1) is 9.05. The molecule has 0 aromatic carbocycles. The fraction of sp³-hybridized carbons (Fsp3) is 0.556. The number of aromatic amines is 1. The lowest BCUT2D eigenvalue weighted by molar-refractivity contribution is 0.0520. The molecule has 0 radical (unpaired) electrons. The van der Waals surface area contributed by atoms with Crippen LogP contribution in [0.5, 0.6) is 0 Å². The number of H-pyrrole nitrogens is 1. The summed E-state index contributed by atoms with van der Waals surface area (Å²) < 4.78 is 4.91. The minimum atomic E-state index is -0.348. The Hall–Kier alpha value is -1.52. The molecule has 1 aliphatic rings. The molecule has 76 valence electrons. The SMILES string of the molecule is CCOC(=O)c1n[nH]c2c1N(C)CC2. The lowest BCUT2D eigenvalue weighted by Gasteiger charge is -2.10. The maximum atomic E-state index is 11.5. The van der Waals surface area contributed by atoms with Crippen molar-refractivity contribution in [3.63, 3.8) is 0 Å². The molecule has 2 rings (SSSR count). The van der Waals surface area contributed by atoms with Crippen LogP contribution in [0.4, 0.5) is 5.69 Å². The average molecular weight is 195 g/mol. The summed E-state index contributed by atoms with van der Waals surface area (Å²) in [4.78, 5) is 13.5. The maximum absolute atomic E-state index is 11.5. The largest absolute Gasteiger partial charge is 0.461 e. The molecule has 0 bridgehead atoms. The van der Waals surface area contributed by atoms with E-state index in [0.717, 1.165) is 24.3 Å². The Labute approximate surface area is 82.0 Å². The van der Waals surface area contributed by atoms with E-state index in [0.29, 0.717) is 12.3 Å². The Morgan fingerprint density at radius 2 is 2.50 bits per heavy atom. The van der Waals surface area contributed by atoms with Crippen LogP contribution in [0.25, 0.3) is 0 Å². The highest BCUT2D eigenvalue weighted by Crippen LogP contribution is 2.28. The number of carbonyl (C=O) groups excluding carboxylic acids is 1. The minimum Gasteiger partial charge on any atom is -0.461 e. The van der Waals surface area contributed by atoms with Gasteiger partial charge in [0.2, 0.25) is 0 Å². The van der Waals surface area contributed by atoms with Crippen molar-refractivity contribution in [3.05, 3.63) is 11.4 Å². The normalized spacial score (nSPS) is 14.3. The van der Waals surface area contributed by atoms with E-state index in [1.807, 2.05) is 11.9 Å². The number of esters is 1. The van der Waals surface area contributed by atoms with Crippen LogP contribution in [0.15, 0.2) is 0 Å². The van der Waals surface area contributed by atoms with Crippen LogP contribution in [-0.2, 0) is 11.2 Å². The summed E-state index contributed by atoms with van der Waals surface area (Å²) >= 11 is 0. The van der Waals surface area contributed by atoms with Crippen molar-refractivity contribution in [1.82, 2.24) is 10.2 Å². The number of fused-ring (bicyclic) bond motifs is 1. The zero-order chi connectivity index (χ0) is 10.1. The predicted octanol–water partition coefficient (Wildman–Crippen LogP) is 0.579. The van der Waals surface area contributed by atoms with E-state index >= 15 is 0 Å². The Bertz CT molecular complexity index is 359. The van der Waals surface area contributed by atoms with Crippen molar-refractivity contribution in [2.45, 2.75) is 13.3 Å². The number of anilines is 1. The summed E-state index contributed by atoms with van der Waals surface area (Å²) in [6, 6.07) is 0. The van der Waals surface area contributed by atoms with E-state index in [9.17, 15) is 4.79 Å². The van der Waals surface area contributed by atoms with Gasteiger partial charge in [0, 0.05) is 20.0 Å². The summed E-state index contributed by atoms with van der Waals surface area (Å²) in [6.07, 6.45) is 0.915. The molecule has 0 saturated heterocycles. The molecule has 0 spiro atoms. The molecule has 1 aromatic rings. The van der Waals surface area contributed by atoms with Crippen molar-refractivity contribution in [2.75, 3.05) is 25.1 Å². The summed E-state index contributed by atoms with van der Waals surface area (Å²) in [5.41, 5.74) is 2.32. The Kier molecular flexibility index (Phi) is 2.15. The fourth-order valence-corrected chi connectivity index (χ4v) is 1.69. The lowest BCUT2D eigenvalue weighted by Crippen LogP contribution is -2.17. The van der Waals surface area contributed by atoms with Crippen LogP contribution in [0.3, 0.4) is 0 Å². The monoisotopic (exact) mass is 195 g/mol. The molecule has 5 heteroatoms. The van der Waals surface area contributed by atoms with Gasteiger partial charge in [-0.1, -0.05) is 0 Å². The Morgan fingerprint density at radius 3 is 3.21 bits per heavy atom. The molecule has 14 heavy (non-hydrogen) atoms. The number of rotatable bonds is 2. The van der Waals surface area contributed by atoms with Gasteiger partial charge in [0.05, 0.1) is 18.0 Å². The van der Waals surface area contributed by atoms with Gasteiger partial charge in [0.25, 0.3) is 0 Å². The van der Waals surface area contributed by atoms with Crippen LogP contribution < -0.4 is 4.90 Å². The molecule has 0 aliphatic carbocycles. The first-order valence-corrected chi connectivity index (χ1v) is 4.69. The zero-order valence-electron chi connectivity index (χ0n) is 8.33. The molecule has 0 atom stereocenters. The molecule has 1 N–H and O–H groups in total. The van der Waals surface area contributed by atoms with Gasteiger partial charge in [-0.3, -0.25) is 5.10 Å². The first-order valence-electron chi connectivity index (χ1n) is 4.69. The minimum absolute atomic E-state index is 0.348. The highest BCUT2D eigenvalue weighted by Gasteiger charge is 2.27. The first-order chi connectivity index (χ1) is 6.74. The highest BCUT2D eigenvalue weighted by molar-refractivity contribution is 5.94. The lowest BCUT2D eigenvalue weighted by atomic mass is 10.3. The van der Waals surface area contributed by atoms with Gasteiger partial charge in [0.1, 0.15) is 0 Å². The van der Waals surface area contributed by atoms with E-state index in [4.69, 9.17) is 4.74 Å². The smallest absolute Gasteiger partial charge is 0.361 e. The second-order valence-corrected chi connectivity index (χ2v) is 3.29. The second-order valence-electron chi connectivity index (χ2n) is 3.29. The zero-order valence-corrected chi connectivity index (χ0v) is 8.33. The highest BCUT2D eigenvalue weighted by atomic mass is 16.5. The number of ether oxygens (including phenoxy) is 1. The molecule has 0 saturated carbocycles. The van der Waals surface area contributed by atoms with Gasteiger partial charge in [-0.25, -0.2) is 4.79 Å². The maximum Gasteiger partial charge on any atom is 0.361 e. The molecule has 0 fully saturated rings. The Balaban J connectivity index is 2.31. The Morgan fingerprint density at radius 1 is 1.71 bits per heavy atom. The van der Waals surface area contributed by atoms with E-state index in [1.165, 1.54) is 0 Å². The number of aromatic nitrogens is 2. The number of hydrogen-bond donors (Lipinski definition) is 1. The van der Waals surface area contributed by atoms with Gasteiger partial charge in [0.15, 0.2) is 5.69 Å². The molecule has 1 aromatic heterocycles. The summed E-state index contributed by atoms with van der Waals surface area (Å²) in [5.74, 6) is -0.348. The molecule has 2 heterocycles. The molecular formula is C9H13N3O2. The third kappa shape index (κ3) is 1.25. The second kappa shape index (κ2) is 3.32. The van der Waals surface area contributed by atoms with E-state index in [-0.39, 0.29) is 5.97 Å². The van der Waals surface area contributed by atoms with Gasteiger partial charge in [-0.05, 0) is 6.92 Å². The molecule has 5 nitrogen and oxygen atoms in total. The number of nitrogens with one attached hydrogen (secondary N) is 1. The van der Waals surface area contributed by atoms with Gasteiger partial charge >= 0.3 is 5.97 Å². The quantitative estimate of drug-likeness (QED) is 0.701. The summed E-state index contributed by atoms with van der Waals surface area (Å²) in [7, 11) is 1.95. The van der Waals surface area contributed by atoms with E-state index in [2.05, 4.69) is 10.2 Å². The van der Waals surface area contributed by atoms with E-state index in [1.54, 1.807) is 6.92 Å². The number of carbonyl (C=O) groups is 1. The molecule has 0 amide bonds. The van der Waals surface area contributed by atoms with Crippen molar-refractivity contribution >= 4 is 11.7 Å². The van der Waals surface area contributed by atoms with Crippen molar-refractivity contribution in [3.8, 4) is 0 Å². The van der Waals surface area contributed by atoms with Crippen LogP contribution in [0.1, 0.15) is 23.1 Å². The van der Waals surface area contributed by atoms with Gasteiger partial charge in [-0.2, -0.15) is 5.10 Å². The topological polar surface area (TPSA) is 58.2 Å². The van der Waals surface area contributed by atoms with Crippen molar-refractivity contribution in [1.29, 1.82) is 0 Å². The van der Waals surface area contributed by atoms with Crippen LogP contribution in [-0.4, -0.2) is 36.4 Å². The molecule has 0 unspecified atom stereocenters. The summed E-state index contributed by atoms with van der Waals surface area (Å²) in [5, 5.41) is 6.83. The molecule has 1 aliphatic heterocycles. The standard InChI is InChI=1S/C9H13N3O2/c1-3-14-9(13)7-8-6(10-11-7)4-5-12(8)2/h3-5H2,1-2H3,(H,10,11). The molecular weight excluding hydrogens is 182 g/mol. The predicted molar refractivity (Wildman–Crippen MR) is 51.5 cm³/mol.